The smallest absolute Gasteiger partial charge is 0.336 e. The third-order valence-electron chi connectivity index (χ3n) is 5.19. The minimum Gasteiger partial charge on any atom is -0.464 e. The van der Waals surface area contributed by atoms with E-state index in [-0.39, 0.29) is 38.6 Å². The van der Waals surface area contributed by atoms with Crippen LogP contribution in [0.2, 0.25) is 0 Å². The molecule has 8 nitrogen and oxygen atoms in total. The number of rotatable bonds is 12. The van der Waals surface area contributed by atoms with Gasteiger partial charge in [-0.15, -0.1) is 0 Å². The molecule has 8 heteroatoms. The quantitative estimate of drug-likeness (QED) is 0.447. The lowest BCUT2D eigenvalue weighted by Crippen LogP contribution is -2.52. The van der Waals surface area contributed by atoms with Gasteiger partial charge in [-0.2, -0.15) is 0 Å². The lowest BCUT2D eigenvalue weighted by atomic mass is 10.0. The van der Waals surface area contributed by atoms with Gasteiger partial charge in [0, 0.05) is 13.0 Å². The number of ether oxygens (including phenoxy) is 2. The molecule has 2 aromatic carbocycles. The van der Waals surface area contributed by atoms with Gasteiger partial charge in [-0.05, 0) is 36.5 Å². The predicted molar refractivity (Wildman–Crippen MR) is 134 cm³/mol. The van der Waals surface area contributed by atoms with Crippen LogP contribution in [-0.4, -0.2) is 66.4 Å². The minimum atomic E-state index is -1.48. The summed E-state index contributed by atoms with van der Waals surface area (Å²) >= 11 is 0. The fourth-order valence-electron chi connectivity index (χ4n) is 3.58. The van der Waals surface area contributed by atoms with E-state index in [4.69, 9.17) is 9.47 Å². The van der Waals surface area contributed by atoms with Crippen LogP contribution in [0.15, 0.2) is 54.6 Å². The molecule has 0 aromatic heterocycles. The van der Waals surface area contributed by atoms with E-state index in [2.05, 4.69) is 5.32 Å². The molecule has 2 N–H and O–H groups in total. The van der Waals surface area contributed by atoms with Gasteiger partial charge in [-0.3, -0.25) is 0 Å². The number of aliphatic hydroxyl groups excluding tert-OH is 1. The minimum absolute atomic E-state index is 0.0710. The van der Waals surface area contributed by atoms with Crippen LogP contribution in [0.3, 0.4) is 0 Å². The van der Waals surface area contributed by atoms with Crippen LogP contribution in [0.4, 0.5) is 4.79 Å². The Kier molecular flexibility index (Phi) is 11.2. The van der Waals surface area contributed by atoms with E-state index >= 15 is 0 Å². The van der Waals surface area contributed by atoms with Crippen LogP contribution in [0.1, 0.15) is 33.3 Å². The molecule has 2 rings (SSSR count). The van der Waals surface area contributed by atoms with Crippen LogP contribution in [0.5, 0.6) is 0 Å². The molecule has 0 radical (unpaired) electrons. The molecular formula is C27H36N2O6. The van der Waals surface area contributed by atoms with Gasteiger partial charge in [-0.25, -0.2) is 14.4 Å². The van der Waals surface area contributed by atoms with Crippen molar-refractivity contribution in [2.75, 3.05) is 26.3 Å². The third-order valence-corrected chi connectivity index (χ3v) is 5.19. The highest BCUT2D eigenvalue weighted by atomic mass is 16.5. The highest BCUT2D eigenvalue weighted by Gasteiger charge is 2.28. The molecule has 2 amide bonds. The lowest BCUT2D eigenvalue weighted by Gasteiger charge is -2.28. The average molecular weight is 485 g/mol. The van der Waals surface area contributed by atoms with Gasteiger partial charge in [0.1, 0.15) is 6.04 Å². The van der Waals surface area contributed by atoms with E-state index in [0.717, 1.165) is 16.7 Å². The number of nitrogens with zero attached hydrogens (tertiary/aromatic N) is 1. The lowest BCUT2D eigenvalue weighted by molar-refractivity contribution is -0.153. The Morgan fingerprint density at radius 3 is 2.00 bits per heavy atom. The largest absolute Gasteiger partial charge is 0.464 e. The summed E-state index contributed by atoms with van der Waals surface area (Å²) in [4.78, 5) is 38.9. The van der Waals surface area contributed by atoms with Crippen molar-refractivity contribution >= 4 is 18.0 Å². The first-order valence-electron chi connectivity index (χ1n) is 12.0. The maximum Gasteiger partial charge on any atom is 0.336 e. The summed E-state index contributed by atoms with van der Waals surface area (Å²) in [6.45, 7) is 7.50. The van der Waals surface area contributed by atoms with Crippen molar-refractivity contribution in [3.8, 4) is 11.1 Å². The van der Waals surface area contributed by atoms with Crippen LogP contribution in [-0.2, 0) is 25.5 Å². The molecule has 0 saturated heterocycles. The Morgan fingerprint density at radius 1 is 0.857 bits per heavy atom. The van der Waals surface area contributed by atoms with Crippen molar-refractivity contribution < 1.29 is 29.0 Å². The number of aliphatic hydroxyl groups is 1. The Balaban J connectivity index is 2.15. The maximum atomic E-state index is 13.1. The standard InChI is InChI=1S/C27H36N2O6/c1-5-34-25(31)23(16-20-12-14-22(15-13-20)21-10-8-7-9-11-21)28-27(33)29(17-19(3)4)18-24(30)26(32)35-6-2/h7-15,19,23-24,30H,5-6,16-18H2,1-4H3,(H,28,33)/t23-,24?/m0/s1. The highest BCUT2D eigenvalue weighted by molar-refractivity contribution is 5.84. The van der Waals surface area contributed by atoms with E-state index in [9.17, 15) is 19.5 Å². The third kappa shape index (κ3) is 9.05. The summed E-state index contributed by atoms with van der Waals surface area (Å²) in [6, 6.07) is 16.2. The SMILES string of the molecule is CCOC(=O)C(O)CN(CC(C)C)C(=O)N[C@@H](Cc1ccc(-c2ccccc2)cc1)C(=O)OCC. The normalized spacial score (nSPS) is 12.5. The summed E-state index contributed by atoms with van der Waals surface area (Å²) in [6.07, 6.45) is -1.25. The van der Waals surface area contributed by atoms with Gasteiger partial charge in [0.25, 0.3) is 0 Å². The molecule has 0 saturated carbocycles. The first-order chi connectivity index (χ1) is 16.7. The van der Waals surface area contributed by atoms with Crippen molar-refractivity contribution in [1.82, 2.24) is 10.2 Å². The summed E-state index contributed by atoms with van der Waals surface area (Å²) in [5.41, 5.74) is 2.98. The molecule has 35 heavy (non-hydrogen) atoms. The van der Waals surface area contributed by atoms with Crippen LogP contribution in [0, 0.1) is 5.92 Å². The number of carbonyl (C=O) groups is 3. The number of carbonyl (C=O) groups excluding carboxylic acids is 3. The Morgan fingerprint density at radius 2 is 1.43 bits per heavy atom. The number of esters is 2. The van der Waals surface area contributed by atoms with Crippen molar-refractivity contribution in [2.45, 2.75) is 46.3 Å². The summed E-state index contributed by atoms with van der Waals surface area (Å²) in [5.74, 6) is -1.28. The van der Waals surface area contributed by atoms with Gasteiger partial charge in [0.15, 0.2) is 6.10 Å². The summed E-state index contributed by atoms with van der Waals surface area (Å²) in [5, 5.41) is 12.9. The zero-order valence-electron chi connectivity index (χ0n) is 20.9. The zero-order valence-corrected chi connectivity index (χ0v) is 20.9. The van der Waals surface area contributed by atoms with Gasteiger partial charge >= 0.3 is 18.0 Å². The Bertz CT molecular complexity index is 946. The zero-order chi connectivity index (χ0) is 25.8. The van der Waals surface area contributed by atoms with Gasteiger partial charge in [-0.1, -0.05) is 68.4 Å². The molecule has 0 bridgehead atoms. The number of amides is 2. The Hall–Kier alpha value is -3.39. The van der Waals surface area contributed by atoms with E-state index in [1.165, 1.54) is 4.90 Å². The molecule has 2 atom stereocenters. The van der Waals surface area contributed by atoms with Crippen LogP contribution >= 0.6 is 0 Å². The molecule has 0 aliphatic rings. The molecule has 190 valence electrons. The first kappa shape index (κ1) is 27.9. The van der Waals surface area contributed by atoms with Gasteiger partial charge in [0.2, 0.25) is 0 Å². The predicted octanol–water partition coefficient (Wildman–Crippen LogP) is 3.42. The molecule has 0 spiro atoms. The Labute approximate surface area is 207 Å². The van der Waals surface area contributed by atoms with E-state index in [1.807, 2.05) is 68.4 Å². The molecule has 2 aromatic rings. The average Bonchev–Trinajstić information content (AvgIpc) is 2.84. The number of nitrogens with one attached hydrogen (secondary N) is 1. The van der Waals surface area contributed by atoms with Gasteiger partial charge < -0.3 is 24.8 Å². The second-order valence-corrected chi connectivity index (χ2v) is 8.59. The second kappa shape index (κ2) is 14.1. The summed E-state index contributed by atoms with van der Waals surface area (Å²) < 4.78 is 10.0. The molecule has 0 aliphatic carbocycles. The molecule has 0 aliphatic heterocycles. The van der Waals surface area contributed by atoms with Crippen LogP contribution < -0.4 is 5.32 Å². The number of urea groups is 1. The molecule has 0 heterocycles. The number of hydrogen-bond donors (Lipinski definition) is 2. The fraction of sp³-hybridized carbons (Fsp3) is 0.444. The van der Waals surface area contributed by atoms with Crippen molar-refractivity contribution in [3.63, 3.8) is 0 Å². The van der Waals surface area contributed by atoms with Crippen LogP contribution in [0.25, 0.3) is 11.1 Å². The second-order valence-electron chi connectivity index (χ2n) is 8.59. The van der Waals surface area contributed by atoms with Crippen molar-refractivity contribution in [3.05, 3.63) is 60.2 Å². The van der Waals surface area contributed by atoms with Crippen molar-refractivity contribution in [2.24, 2.45) is 5.92 Å². The van der Waals surface area contributed by atoms with Gasteiger partial charge in [0.05, 0.1) is 19.8 Å². The maximum absolute atomic E-state index is 13.1. The highest BCUT2D eigenvalue weighted by Crippen LogP contribution is 2.20. The van der Waals surface area contributed by atoms with Crippen molar-refractivity contribution in [1.29, 1.82) is 0 Å². The number of benzene rings is 2. The number of hydrogen-bond acceptors (Lipinski definition) is 6. The first-order valence-corrected chi connectivity index (χ1v) is 12.0. The fourth-order valence-corrected chi connectivity index (χ4v) is 3.58. The summed E-state index contributed by atoms with van der Waals surface area (Å²) in [7, 11) is 0. The molecule has 1 unspecified atom stereocenters. The van der Waals surface area contributed by atoms with E-state index < -0.39 is 30.1 Å². The molecular weight excluding hydrogens is 448 g/mol. The topological polar surface area (TPSA) is 105 Å². The van der Waals surface area contributed by atoms with E-state index in [1.54, 1.807) is 13.8 Å². The molecule has 0 fully saturated rings. The monoisotopic (exact) mass is 484 g/mol. The van der Waals surface area contributed by atoms with E-state index in [0.29, 0.717) is 0 Å².